The maximum atomic E-state index is 11.8. The molecule has 1 unspecified atom stereocenters. The van der Waals surface area contributed by atoms with Gasteiger partial charge in [0.1, 0.15) is 11.5 Å². The Morgan fingerprint density at radius 2 is 1.65 bits per heavy atom. The van der Waals surface area contributed by atoms with E-state index in [1.807, 2.05) is 55.5 Å². The molecule has 2 aromatic rings. The Morgan fingerprint density at radius 1 is 1.08 bits per heavy atom. The zero-order chi connectivity index (χ0) is 18.1. The van der Waals surface area contributed by atoms with E-state index in [1.54, 1.807) is 7.11 Å². The van der Waals surface area contributed by atoms with Gasteiger partial charge in [-0.15, -0.1) is 12.4 Å². The number of carbonyl (C=O) groups excluding carboxylic acids is 1. The minimum atomic E-state index is -0.0300. The second-order valence-electron chi connectivity index (χ2n) is 6.08. The molecule has 0 bridgehead atoms. The first kappa shape index (κ1) is 22.0. The third kappa shape index (κ3) is 7.87. The zero-order valence-corrected chi connectivity index (χ0v) is 16.1. The van der Waals surface area contributed by atoms with Crippen molar-refractivity contribution < 1.29 is 14.3 Å². The van der Waals surface area contributed by atoms with E-state index >= 15 is 0 Å². The van der Waals surface area contributed by atoms with Crippen molar-refractivity contribution in [1.29, 1.82) is 0 Å². The van der Waals surface area contributed by atoms with Crippen molar-refractivity contribution in [2.45, 2.75) is 32.2 Å². The minimum Gasteiger partial charge on any atom is -0.457 e. The van der Waals surface area contributed by atoms with Gasteiger partial charge in [-0.3, -0.25) is 4.79 Å². The molecule has 0 fully saturated rings. The molecule has 0 aliphatic heterocycles. The summed E-state index contributed by atoms with van der Waals surface area (Å²) in [5, 5.41) is 2.85. The number of carbonyl (C=O) groups is 1. The average molecular weight is 379 g/mol. The molecule has 0 radical (unpaired) electrons. The summed E-state index contributed by atoms with van der Waals surface area (Å²) in [6.45, 7) is 2.60. The molecule has 2 rings (SSSR count). The monoisotopic (exact) mass is 378 g/mol. The summed E-state index contributed by atoms with van der Waals surface area (Å²) in [4.78, 5) is 11.8. The summed E-state index contributed by atoms with van der Waals surface area (Å²) in [7, 11) is 1.70. The van der Waals surface area contributed by atoms with Crippen LogP contribution in [0.25, 0.3) is 0 Å². The Hall–Kier alpha value is -2.08. The van der Waals surface area contributed by atoms with E-state index in [4.69, 9.17) is 15.2 Å². The van der Waals surface area contributed by atoms with Crippen molar-refractivity contribution in [2.24, 2.45) is 5.73 Å². The first-order valence-corrected chi connectivity index (χ1v) is 8.48. The van der Waals surface area contributed by atoms with Crippen LogP contribution in [0.3, 0.4) is 0 Å². The lowest BCUT2D eigenvalue weighted by atomic mass is 10.1. The average Bonchev–Trinajstić information content (AvgIpc) is 2.61. The normalized spacial score (nSPS) is 11.3. The van der Waals surface area contributed by atoms with Crippen molar-refractivity contribution in [2.75, 3.05) is 19.0 Å². The molecule has 142 valence electrons. The van der Waals surface area contributed by atoms with Crippen LogP contribution in [0.4, 0.5) is 5.69 Å². The van der Waals surface area contributed by atoms with Crippen LogP contribution >= 0.6 is 12.4 Å². The number of halogens is 1. The van der Waals surface area contributed by atoms with Gasteiger partial charge in [0.2, 0.25) is 5.91 Å². The Morgan fingerprint density at radius 3 is 2.19 bits per heavy atom. The first-order valence-electron chi connectivity index (χ1n) is 8.48. The van der Waals surface area contributed by atoms with Gasteiger partial charge in [-0.2, -0.15) is 0 Å². The first-order chi connectivity index (χ1) is 12.1. The third-order valence-electron chi connectivity index (χ3n) is 3.72. The van der Waals surface area contributed by atoms with Crippen LogP contribution in [-0.4, -0.2) is 25.7 Å². The molecule has 0 saturated heterocycles. The Labute approximate surface area is 161 Å². The molecule has 1 atom stereocenters. The fourth-order valence-corrected chi connectivity index (χ4v) is 2.27. The Kier molecular flexibility index (Phi) is 9.73. The number of rotatable bonds is 9. The number of amides is 1. The van der Waals surface area contributed by atoms with Gasteiger partial charge in [0.25, 0.3) is 0 Å². The topological polar surface area (TPSA) is 73.6 Å². The van der Waals surface area contributed by atoms with Crippen LogP contribution in [-0.2, 0) is 16.0 Å². The van der Waals surface area contributed by atoms with E-state index in [1.165, 1.54) is 5.56 Å². The second-order valence-corrected chi connectivity index (χ2v) is 6.08. The fraction of sp³-hybridized carbons (Fsp3) is 0.350. The lowest BCUT2D eigenvalue weighted by Crippen LogP contribution is -2.19. The number of methoxy groups -OCH3 is 1. The summed E-state index contributed by atoms with van der Waals surface area (Å²) in [6, 6.07) is 15.3. The largest absolute Gasteiger partial charge is 0.457 e. The van der Waals surface area contributed by atoms with Gasteiger partial charge >= 0.3 is 0 Å². The number of ether oxygens (including phenoxy) is 2. The molecule has 0 aliphatic rings. The van der Waals surface area contributed by atoms with Crippen molar-refractivity contribution in [1.82, 2.24) is 0 Å². The number of benzene rings is 2. The highest BCUT2D eigenvalue weighted by molar-refractivity contribution is 5.90. The van der Waals surface area contributed by atoms with Crippen LogP contribution in [0, 0.1) is 0 Å². The van der Waals surface area contributed by atoms with Crippen molar-refractivity contribution in [3.05, 3.63) is 54.1 Å². The maximum Gasteiger partial charge on any atom is 0.224 e. The van der Waals surface area contributed by atoms with Gasteiger partial charge in [0, 0.05) is 25.3 Å². The molecule has 26 heavy (non-hydrogen) atoms. The minimum absolute atomic E-state index is 0. The summed E-state index contributed by atoms with van der Waals surface area (Å²) in [5.74, 6) is 1.46. The Bertz CT molecular complexity index is 658. The summed E-state index contributed by atoms with van der Waals surface area (Å²) in [6.07, 6.45) is 1.98. The van der Waals surface area contributed by atoms with Crippen molar-refractivity contribution in [3.63, 3.8) is 0 Å². The highest BCUT2D eigenvalue weighted by atomic mass is 35.5. The van der Waals surface area contributed by atoms with E-state index in [-0.39, 0.29) is 24.4 Å². The van der Waals surface area contributed by atoms with Crippen LogP contribution in [0.5, 0.6) is 11.5 Å². The number of nitrogens with two attached hydrogens (primary N) is 1. The highest BCUT2D eigenvalue weighted by Gasteiger charge is 2.05. The lowest BCUT2D eigenvalue weighted by molar-refractivity contribution is -0.116. The van der Waals surface area contributed by atoms with Crippen molar-refractivity contribution >= 4 is 24.0 Å². The smallest absolute Gasteiger partial charge is 0.224 e. The number of hydrogen-bond acceptors (Lipinski definition) is 4. The SMILES string of the molecule is COCCc1ccc(Oc2ccc(NC(=O)CCC(C)N)cc2)cc1.Cl. The van der Waals surface area contributed by atoms with Gasteiger partial charge < -0.3 is 20.5 Å². The predicted molar refractivity (Wildman–Crippen MR) is 107 cm³/mol. The molecule has 0 aliphatic carbocycles. The fourth-order valence-electron chi connectivity index (χ4n) is 2.27. The maximum absolute atomic E-state index is 11.8. The molecule has 0 saturated carbocycles. The molecule has 0 heterocycles. The van der Waals surface area contributed by atoms with E-state index in [0.717, 1.165) is 23.6 Å². The van der Waals surface area contributed by atoms with Crippen LogP contribution < -0.4 is 15.8 Å². The molecule has 6 heteroatoms. The van der Waals surface area contributed by atoms with Gasteiger partial charge in [0.15, 0.2) is 0 Å². The van der Waals surface area contributed by atoms with Crippen LogP contribution in [0.1, 0.15) is 25.3 Å². The highest BCUT2D eigenvalue weighted by Crippen LogP contribution is 2.23. The standard InChI is InChI=1S/C20H26N2O3.ClH/c1-15(21)3-12-20(23)22-17-6-10-19(11-7-17)25-18-8-4-16(5-9-18)13-14-24-2;/h4-11,15H,3,12-14,21H2,1-2H3,(H,22,23);1H. The molecule has 2 aromatic carbocycles. The molecular weight excluding hydrogens is 352 g/mol. The van der Waals surface area contributed by atoms with E-state index in [2.05, 4.69) is 5.32 Å². The summed E-state index contributed by atoms with van der Waals surface area (Å²) >= 11 is 0. The molecule has 1 amide bonds. The van der Waals surface area contributed by atoms with Gasteiger partial charge in [-0.05, 0) is 61.7 Å². The summed E-state index contributed by atoms with van der Waals surface area (Å²) < 4.78 is 10.9. The molecular formula is C20H27ClN2O3. The quantitative estimate of drug-likeness (QED) is 0.687. The van der Waals surface area contributed by atoms with E-state index < -0.39 is 0 Å². The van der Waals surface area contributed by atoms with Gasteiger partial charge in [-0.25, -0.2) is 0 Å². The van der Waals surface area contributed by atoms with Crippen molar-refractivity contribution in [3.8, 4) is 11.5 Å². The lowest BCUT2D eigenvalue weighted by Gasteiger charge is -2.09. The Balaban J connectivity index is 0.00000338. The number of hydrogen-bond donors (Lipinski definition) is 2. The number of nitrogens with one attached hydrogen (secondary N) is 1. The second kappa shape index (κ2) is 11.5. The molecule has 0 spiro atoms. The molecule has 5 nitrogen and oxygen atoms in total. The van der Waals surface area contributed by atoms with Crippen LogP contribution in [0.15, 0.2) is 48.5 Å². The van der Waals surface area contributed by atoms with Gasteiger partial charge in [-0.1, -0.05) is 12.1 Å². The number of anilines is 1. The summed E-state index contributed by atoms with van der Waals surface area (Å²) in [5.41, 5.74) is 7.61. The van der Waals surface area contributed by atoms with Crippen LogP contribution in [0.2, 0.25) is 0 Å². The molecule has 3 N–H and O–H groups in total. The zero-order valence-electron chi connectivity index (χ0n) is 15.2. The van der Waals surface area contributed by atoms with E-state index in [9.17, 15) is 4.79 Å². The van der Waals surface area contributed by atoms with Gasteiger partial charge in [0.05, 0.1) is 6.61 Å². The van der Waals surface area contributed by atoms with E-state index in [0.29, 0.717) is 19.4 Å². The predicted octanol–water partition coefficient (Wildman–Crippen LogP) is 4.16. The third-order valence-corrected chi connectivity index (χ3v) is 3.72. The molecule has 0 aromatic heterocycles.